The van der Waals surface area contributed by atoms with Crippen molar-refractivity contribution >= 4 is 17.7 Å². The van der Waals surface area contributed by atoms with Gasteiger partial charge in [0.15, 0.2) is 0 Å². The Morgan fingerprint density at radius 1 is 1.04 bits per heavy atom. The molecule has 4 nitrogen and oxygen atoms in total. The number of rotatable bonds is 14. The fourth-order valence-corrected chi connectivity index (χ4v) is 4.67. The minimum Gasteiger partial charge on any atom is -0.481 e. The first-order valence-electron chi connectivity index (χ1n) is 9.44. The number of unbranched alkanes of at least 4 members (excludes halogenated alkanes) is 7. The Balaban J connectivity index is 2.15. The van der Waals surface area contributed by atoms with Crippen molar-refractivity contribution in [3.8, 4) is 0 Å². The number of aliphatic hydroxyl groups is 2. The maximum Gasteiger partial charge on any atom is 0.303 e. The highest BCUT2D eigenvalue weighted by Gasteiger charge is 2.32. The summed E-state index contributed by atoms with van der Waals surface area (Å²) in [6.45, 7) is 0.291. The first-order chi connectivity index (χ1) is 11.6. The maximum atomic E-state index is 10.5. The molecule has 1 aliphatic rings. The summed E-state index contributed by atoms with van der Waals surface area (Å²) in [4.78, 5) is 10.5. The molecular formula is C19H34O4S. The number of carboxylic acid groups (broad SMARTS) is 1. The van der Waals surface area contributed by atoms with E-state index in [2.05, 4.69) is 12.2 Å². The van der Waals surface area contributed by atoms with Gasteiger partial charge in [-0.2, -0.15) is 11.8 Å². The Kier molecular flexibility index (Phi) is 12.3. The lowest BCUT2D eigenvalue weighted by molar-refractivity contribution is -0.137. The molecule has 0 unspecified atom stereocenters. The van der Waals surface area contributed by atoms with E-state index in [1.54, 1.807) is 0 Å². The van der Waals surface area contributed by atoms with Crippen LogP contribution in [0, 0.1) is 5.92 Å². The summed E-state index contributed by atoms with van der Waals surface area (Å²) in [6.07, 6.45) is 14.9. The molecule has 1 aliphatic heterocycles. The molecule has 1 rings (SSSR count). The SMILES string of the molecule is O=C(O)CCCCCC[C@@H]1SC[C@H](O)[C@@H]1C=CCCCCCCO. The minimum atomic E-state index is -0.703. The molecule has 0 aromatic rings. The largest absolute Gasteiger partial charge is 0.481 e. The number of allylic oxidation sites excluding steroid dienone is 1. The van der Waals surface area contributed by atoms with Gasteiger partial charge in [0.05, 0.1) is 6.10 Å². The maximum absolute atomic E-state index is 10.5. The van der Waals surface area contributed by atoms with Gasteiger partial charge in [-0.3, -0.25) is 4.79 Å². The molecule has 0 saturated carbocycles. The third-order valence-corrected chi connectivity index (χ3v) is 6.13. The first kappa shape index (κ1) is 21.5. The Bertz CT molecular complexity index is 359. The number of aliphatic hydroxyl groups excluding tert-OH is 2. The van der Waals surface area contributed by atoms with Crippen LogP contribution in [0.15, 0.2) is 12.2 Å². The summed E-state index contributed by atoms with van der Waals surface area (Å²) in [7, 11) is 0. The number of carboxylic acids is 1. The zero-order chi connectivity index (χ0) is 17.6. The number of aliphatic carboxylic acids is 1. The van der Waals surface area contributed by atoms with Crippen molar-refractivity contribution in [2.75, 3.05) is 12.4 Å². The number of hydrogen-bond acceptors (Lipinski definition) is 4. The van der Waals surface area contributed by atoms with Gasteiger partial charge >= 0.3 is 5.97 Å². The second kappa shape index (κ2) is 13.7. The van der Waals surface area contributed by atoms with Gasteiger partial charge in [0.1, 0.15) is 0 Å². The fourth-order valence-electron chi connectivity index (χ4n) is 3.18. The summed E-state index contributed by atoms with van der Waals surface area (Å²) in [6, 6.07) is 0. The molecule has 140 valence electrons. The van der Waals surface area contributed by atoms with Crippen molar-refractivity contribution in [1.29, 1.82) is 0 Å². The van der Waals surface area contributed by atoms with Crippen LogP contribution in [-0.2, 0) is 4.79 Å². The molecule has 0 bridgehead atoms. The van der Waals surface area contributed by atoms with Crippen LogP contribution in [0.4, 0.5) is 0 Å². The highest BCUT2D eigenvalue weighted by molar-refractivity contribution is 8.00. The lowest BCUT2D eigenvalue weighted by Gasteiger charge is -2.17. The highest BCUT2D eigenvalue weighted by atomic mass is 32.2. The van der Waals surface area contributed by atoms with Gasteiger partial charge in [0.2, 0.25) is 0 Å². The Morgan fingerprint density at radius 3 is 2.50 bits per heavy atom. The zero-order valence-electron chi connectivity index (χ0n) is 14.7. The summed E-state index contributed by atoms with van der Waals surface area (Å²) in [5, 5.41) is 28.0. The third kappa shape index (κ3) is 9.70. The van der Waals surface area contributed by atoms with Crippen LogP contribution >= 0.6 is 11.8 Å². The molecule has 0 amide bonds. The molecule has 3 atom stereocenters. The number of carbonyl (C=O) groups is 1. The molecule has 3 N–H and O–H groups in total. The summed E-state index contributed by atoms with van der Waals surface area (Å²) in [5.74, 6) is 0.396. The van der Waals surface area contributed by atoms with Gasteiger partial charge in [-0.05, 0) is 32.1 Å². The molecular weight excluding hydrogens is 324 g/mol. The quantitative estimate of drug-likeness (QED) is 0.323. The second-order valence-electron chi connectivity index (χ2n) is 6.72. The highest BCUT2D eigenvalue weighted by Crippen LogP contribution is 2.37. The normalized spacial score (nSPS) is 24.0. The van der Waals surface area contributed by atoms with E-state index in [9.17, 15) is 9.90 Å². The third-order valence-electron chi connectivity index (χ3n) is 4.62. The van der Waals surface area contributed by atoms with Crippen LogP contribution in [0.3, 0.4) is 0 Å². The van der Waals surface area contributed by atoms with Crippen molar-refractivity contribution in [1.82, 2.24) is 0 Å². The van der Waals surface area contributed by atoms with Crippen LogP contribution < -0.4 is 0 Å². The first-order valence-corrected chi connectivity index (χ1v) is 10.5. The van der Waals surface area contributed by atoms with Crippen LogP contribution in [0.1, 0.15) is 70.6 Å². The van der Waals surface area contributed by atoms with E-state index in [1.165, 1.54) is 0 Å². The Morgan fingerprint density at radius 2 is 1.75 bits per heavy atom. The smallest absolute Gasteiger partial charge is 0.303 e. The predicted molar refractivity (Wildman–Crippen MR) is 100 cm³/mol. The molecule has 0 aliphatic carbocycles. The van der Waals surface area contributed by atoms with Crippen LogP contribution in [-0.4, -0.2) is 45.0 Å². The second-order valence-corrected chi connectivity index (χ2v) is 7.99. The minimum absolute atomic E-state index is 0.224. The molecule has 0 radical (unpaired) electrons. The van der Waals surface area contributed by atoms with E-state index in [0.29, 0.717) is 11.9 Å². The lowest BCUT2D eigenvalue weighted by Crippen LogP contribution is -2.21. The monoisotopic (exact) mass is 358 g/mol. The molecule has 0 spiro atoms. The fraction of sp³-hybridized carbons (Fsp3) is 0.842. The van der Waals surface area contributed by atoms with Crippen molar-refractivity contribution in [3.63, 3.8) is 0 Å². The van der Waals surface area contributed by atoms with Crippen LogP contribution in [0.2, 0.25) is 0 Å². The molecule has 24 heavy (non-hydrogen) atoms. The molecule has 1 heterocycles. The van der Waals surface area contributed by atoms with E-state index in [-0.39, 0.29) is 18.4 Å². The average molecular weight is 359 g/mol. The molecule has 5 heteroatoms. The predicted octanol–water partition coefficient (Wildman–Crippen LogP) is 4.00. The number of hydrogen-bond donors (Lipinski definition) is 3. The Hall–Kier alpha value is -0.520. The van der Waals surface area contributed by atoms with E-state index in [1.807, 2.05) is 11.8 Å². The van der Waals surface area contributed by atoms with Crippen molar-refractivity contribution in [3.05, 3.63) is 12.2 Å². The van der Waals surface area contributed by atoms with E-state index < -0.39 is 5.97 Å². The van der Waals surface area contributed by atoms with E-state index in [4.69, 9.17) is 10.2 Å². The van der Waals surface area contributed by atoms with Crippen molar-refractivity contribution in [2.24, 2.45) is 5.92 Å². The molecule has 0 aromatic carbocycles. The molecule has 1 saturated heterocycles. The van der Waals surface area contributed by atoms with Gasteiger partial charge in [-0.15, -0.1) is 0 Å². The Labute approximate surface area is 150 Å². The standard InChI is InChI=1S/C19H34O4S/c20-14-10-6-2-1-3-7-11-16-17(21)15-24-18(16)12-8-4-5-9-13-19(22)23/h7,11,16-18,20-21H,1-6,8-10,12-15H2,(H,22,23)/t16-,17-,18-/m0/s1. The van der Waals surface area contributed by atoms with E-state index >= 15 is 0 Å². The van der Waals surface area contributed by atoms with Gasteiger partial charge in [0.25, 0.3) is 0 Å². The average Bonchev–Trinajstić information content (AvgIpc) is 2.90. The van der Waals surface area contributed by atoms with Crippen molar-refractivity contribution < 1.29 is 20.1 Å². The zero-order valence-corrected chi connectivity index (χ0v) is 15.6. The lowest BCUT2D eigenvalue weighted by atomic mass is 9.94. The van der Waals surface area contributed by atoms with Crippen molar-refractivity contribution in [2.45, 2.75) is 82.0 Å². The molecule has 1 fully saturated rings. The summed E-state index contributed by atoms with van der Waals surface area (Å²) in [5.41, 5.74) is 0. The van der Waals surface area contributed by atoms with Gasteiger partial charge in [-0.1, -0.05) is 44.3 Å². The topological polar surface area (TPSA) is 77.8 Å². The van der Waals surface area contributed by atoms with E-state index in [0.717, 1.165) is 70.0 Å². The summed E-state index contributed by atoms with van der Waals surface area (Å²) >= 11 is 1.88. The number of thioether (sulfide) groups is 1. The van der Waals surface area contributed by atoms with Gasteiger partial charge in [-0.25, -0.2) is 0 Å². The summed E-state index contributed by atoms with van der Waals surface area (Å²) < 4.78 is 0. The van der Waals surface area contributed by atoms with Crippen LogP contribution in [0.5, 0.6) is 0 Å². The van der Waals surface area contributed by atoms with Gasteiger partial charge in [0, 0.05) is 29.9 Å². The van der Waals surface area contributed by atoms with Crippen LogP contribution in [0.25, 0.3) is 0 Å². The molecule has 0 aromatic heterocycles. The van der Waals surface area contributed by atoms with Gasteiger partial charge < -0.3 is 15.3 Å².